The van der Waals surface area contributed by atoms with Crippen molar-refractivity contribution in [1.29, 1.82) is 0 Å². The Bertz CT molecular complexity index is 1370. The molecule has 0 bridgehead atoms. The second-order valence-corrected chi connectivity index (χ2v) is 9.76. The predicted octanol–water partition coefficient (Wildman–Crippen LogP) is 3.29. The average molecular weight is 490 g/mol. The highest BCUT2D eigenvalue weighted by Crippen LogP contribution is 2.27. The van der Waals surface area contributed by atoms with Crippen LogP contribution in [0.15, 0.2) is 48.2 Å². The summed E-state index contributed by atoms with van der Waals surface area (Å²) in [4.78, 5) is 37.0. The lowest BCUT2D eigenvalue weighted by Crippen LogP contribution is -2.35. The van der Waals surface area contributed by atoms with Gasteiger partial charge < -0.3 is 15.5 Å². The third-order valence-corrected chi connectivity index (χ3v) is 7.24. The molecule has 1 fully saturated rings. The molecule has 0 saturated carbocycles. The first kappa shape index (κ1) is 23.0. The van der Waals surface area contributed by atoms with Crippen molar-refractivity contribution >= 4 is 45.7 Å². The van der Waals surface area contributed by atoms with Gasteiger partial charge in [0.05, 0.1) is 30.6 Å². The van der Waals surface area contributed by atoms with E-state index in [4.69, 9.17) is 0 Å². The summed E-state index contributed by atoms with van der Waals surface area (Å²) in [5.41, 5.74) is 3.86. The summed E-state index contributed by atoms with van der Waals surface area (Å²) in [6, 6.07) is 10.0. The smallest absolute Gasteiger partial charge is 0.227 e. The van der Waals surface area contributed by atoms with E-state index in [0.29, 0.717) is 31.8 Å². The minimum Gasteiger partial charge on any atom is -0.364 e. The number of benzene rings is 1. The number of rotatable bonds is 8. The van der Waals surface area contributed by atoms with E-state index in [9.17, 15) is 9.59 Å². The van der Waals surface area contributed by atoms with Crippen LogP contribution in [0.1, 0.15) is 22.4 Å². The van der Waals surface area contributed by atoms with E-state index in [1.54, 1.807) is 27.1 Å². The summed E-state index contributed by atoms with van der Waals surface area (Å²) < 4.78 is 1.76. The van der Waals surface area contributed by atoms with Crippen LogP contribution in [0.4, 0.5) is 11.5 Å². The maximum absolute atomic E-state index is 12.8. The molecule has 1 unspecified atom stereocenters. The van der Waals surface area contributed by atoms with E-state index in [1.807, 2.05) is 43.5 Å². The minimum absolute atomic E-state index is 0.0225. The summed E-state index contributed by atoms with van der Waals surface area (Å²) in [5.74, 6) is 0.225. The van der Waals surface area contributed by atoms with E-state index in [-0.39, 0.29) is 24.2 Å². The van der Waals surface area contributed by atoms with Gasteiger partial charge in [0, 0.05) is 30.1 Å². The first-order valence-corrected chi connectivity index (χ1v) is 12.5. The van der Waals surface area contributed by atoms with Crippen molar-refractivity contribution < 1.29 is 9.59 Å². The van der Waals surface area contributed by atoms with Gasteiger partial charge in [0.1, 0.15) is 12.1 Å². The van der Waals surface area contributed by atoms with Crippen molar-refractivity contribution in [2.45, 2.75) is 33.4 Å². The Kier molecular flexibility index (Phi) is 6.45. The molecule has 1 aromatic carbocycles. The van der Waals surface area contributed by atoms with Gasteiger partial charge in [-0.1, -0.05) is 12.1 Å². The Hall–Kier alpha value is -3.79. The molecule has 4 aromatic rings. The molecule has 4 heterocycles. The van der Waals surface area contributed by atoms with Gasteiger partial charge in [-0.3, -0.25) is 9.59 Å². The quantitative estimate of drug-likeness (QED) is 0.394. The molecular weight excluding hydrogens is 462 g/mol. The van der Waals surface area contributed by atoms with E-state index >= 15 is 0 Å². The van der Waals surface area contributed by atoms with E-state index in [0.717, 1.165) is 22.5 Å². The van der Waals surface area contributed by atoms with Crippen LogP contribution in [-0.4, -0.2) is 44.7 Å². The summed E-state index contributed by atoms with van der Waals surface area (Å²) in [7, 11) is 0. The second kappa shape index (κ2) is 9.83. The van der Waals surface area contributed by atoms with Crippen LogP contribution in [0.3, 0.4) is 0 Å². The summed E-state index contributed by atoms with van der Waals surface area (Å²) in [6.07, 6.45) is 3.47. The number of nitrogens with zero attached hydrogens (tertiary/aromatic N) is 5. The monoisotopic (exact) mass is 489 g/mol. The van der Waals surface area contributed by atoms with Gasteiger partial charge in [-0.15, -0.1) is 11.3 Å². The highest BCUT2D eigenvalue weighted by atomic mass is 32.1. The van der Waals surface area contributed by atoms with Gasteiger partial charge in [-0.25, -0.2) is 14.6 Å². The molecular formula is C25H27N7O2S. The minimum atomic E-state index is -0.367. The van der Waals surface area contributed by atoms with Crippen LogP contribution in [0.25, 0.3) is 11.0 Å². The molecule has 35 heavy (non-hydrogen) atoms. The highest BCUT2D eigenvalue weighted by molar-refractivity contribution is 7.09. The lowest BCUT2D eigenvalue weighted by molar-refractivity contribution is -0.126. The molecule has 180 valence electrons. The van der Waals surface area contributed by atoms with E-state index < -0.39 is 0 Å². The fourth-order valence-electron chi connectivity index (χ4n) is 4.24. The predicted molar refractivity (Wildman–Crippen MR) is 136 cm³/mol. The number of aromatic nitrogens is 4. The van der Waals surface area contributed by atoms with Gasteiger partial charge in [-0.2, -0.15) is 5.10 Å². The molecule has 1 atom stereocenters. The number of aryl methyl sites for hydroxylation is 2. The molecule has 2 amide bonds. The Balaban J connectivity index is 1.17. The molecule has 0 aliphatic carbocycles. The summed E-state index contributed by atoms with van der Waals surface area (Å²) in [5, 5.41) is 13.6. The van der Waals surface area contributed by atoms with Crippen LogP contribution in [0.2, 0.25) is 0 Å². The number of thiophene rings is 1. The zero-order valence-electron chi connectivity index (χ0n) is 19.7. The Morgan fingerprint density at radius 1 is 1.20 bits per heavy atom. The number of hydrogen-bond acceptors (Lipinski definition) is 7. The lowest BCUT2D eigenvalue weighted by atomic mass is 10.1. The Morgan fingerprint density at radius 2 is 2.09 bits per heavy atom. The molecule has 0 radical (unpaired) electrons. The third kappa shape index (κ3) is 4.88. The Labute approximate surface area is 207 Å². The first-order chi connectivity index (χ1) is 17.0. The van der Waals surface area contributed by atoms with Gasteiger partial charge in [-0.05, 0) is 48.6 Å². The number of carbonyl (C=O) groups excluding carboxylic acids is 2. The molecule has 3 aromatic heterocycles. The van der Waals surface area contributed by atoms with Gasteiger partial charge in [0.25, 0.3) is 0 Å². The average Bonchev–Trinajstić information content (AvgIpc) is 3.60. The normalized spacial score (nSPS) is 15.7. The lowest BCUT2D eigenvalue weighted by Gasteiger charge is -2.18. The van der Waals surface area contributed by atoms with Crippen LogP contribution in [-0.2, 0) is 22.7 Å². The van der Waals surface area contributed by atoms with E-state index in [1.165, 1.54) is 16.8 Å². The molecule has 0 spiro atoms. The number of anilines is 2. The van der Waals surface area contributed by atoms with Gasteiger partial charge in [0.15, 0.2) is 5.65 Å². The van der Waals surface area contributed by atoms with Crippen LogP contribution in [0.5, 0.6) is 0 Å². The third-order valence-electron chi connectivity index (χ3n) is 6.36. The maximum atomic E-state index is 12.8. The Morgan fingerprint density at radius 3 is 2.89 bits per heavy atom. The number of fused-ring (bicyclic) bond motifs is 1. The number of amides is 2. The number of nitrogens with one attached hydrogen (secondary N) is 2. The highest BCUT2D eigenvalue weighted by Gasteiger charge is 2.35. The topological polar surface area (TPSA) is 105 Å². The molecule has 9 nitrogen and oxygen atoms in total. The SMILES string of the molecule is Cc1ccc(N2CC(C(=O)NCCn3ncc4c(NCc5cccs5)ncnc43)CC2=O)cc1C. The van der Waals surface area contributed by atoms with Crippen molar-refractivity contribution in [3.8, 4) is 0 Å². The largest absolute Gasteiger partial charge is 0.364 e. The second-order valence-electron chi connectivity index (χ2n) is 8.73. The molecule has 1 saturated heterocycles. The number of hydrogen-bond donors (Lipinski definition) is 2. The first-order valence-electron chi connectivity index (χ1n) is 11.6. The van der Waals surface area contributed by atoms with Gasteiger partial charge >= 0.3 is 0 Å². The van der Waals surface area contributed by atoms with Crippen molar-refractivity contribution in [2.75, 3.05) is 23.3 Å². The standard InChI is InChI=1S/C25H27N7O2S/c1-16-5-6-19(10-17(16)2)31-14-18(11-22(31)33)25(34)26-7-8-32-24-21(13-30-32)23(28-15-29-24)27-12-20-4-3-9-35-20/h3-6,9-10,13,15,18H,7-8,11-12,14H2,1-2H3,(H,26,34)(H,27,28,29). The summed E-state index contributed by atoms with van der Waals surface area (Å²) >= 11 is 1.69. The van der Waals surface area contributed by atoms with Crippen LogP contribution >= 0.6 is 11.3 Å². The fourth-order valence-corrected chi connectivity index (χ4v) is 4.88. The zero-order chi connectivity index (χ0) is 24.4. The molecule has 10 heteroatoms. The maximum Gasteiger partial charge on any atom is 0.227 e. The molecule has 1 aliphatic rings. The molecule has 2 N–H and O–H groups in total. The number of carbonyl (C=O) groups is 2. The fraction of sp³-hybridized carbons (Fsp3) is 0.320. The summed E-state index contributed by atoms with van der Waals surface area (Å²) in [6.45, 7) is 6.01. The van der Waals surface area contributed by atoms with Crippen molar-refractivity contribution in [1.82, 2.24) is 25.1 Å². The molecule has 1 aliphatic heterocycles. The van der Waals surface area contributed by atoms with Gasteiger partial charge in [0.2, 0.25) is 11.8 Å². The van der Waals surface area contributed by atoms with E-state index in [2.05, 4.69) is 31.8 Å². The van der Waals surface area contributed by atoms with Crippen LogP contribution < -0.4 is 15.5 Å². The molecule has 5 rings (SSSR count). The van der Waals surface area contributed by atoms with Crippen molar-refractivity contribution in [2.24, 2.45) is 5.92 Å². The van der Waals surface area contributed by atoms with Crippen molar-refractivity contribution in [3.05, 3.63) is 64.2 Å². The van der Waals surface area contributed by atoms with Crippen LogP contribution in [0, 0.1) is 19.8 Å². The van der Waals surface area contributed by atoms with Crippen molar-refractivity contribution in [3.63, 3.8) is 0 Å². The zero-order valence-corrected chi connectivity index (χ0v) is 20.5.